The van der Waals surface area contributed by atoms with E-state index < -0.39 is 0 Å². The Morgan fingerprint density at radius 3 is 2.58 bits per heavy atom. The van der Waals surface area contributed by atoms with E-state index in [1.807, 2.05) is 25.1 Å². The highest BCUT2D eigenvalue weighted by molar-refractivity contribution is 5.80. The van der Waals surface area contributed by atoms with Gasteiger partial charge in [-0.05, 0) is 37.5 Å². The molecule has 5 heteroatoms. The van der Waals surface area contributed by atoms with Gasteiger partial charge in [0.2, 0.25) is 0 Å². The van der Waals surface area contributed by atoms with Gasteiger partial charge in [-0.2, -0.15) is 0 Å². The zero-order chi connectivity index (χ0) is 17.4. The molecule has 1 saturated carbocycles. The smallest absolute Gasteiger partial charge is 0.278 e. The number of ether oxygens (including phenoxy) is 2. The molecule has 0 bridgehead atoms. The molecule has 0 aliphatic heterocycles. The van der Waals surface area contributed by atoms with Crippen LogP contribution in [0.5, 0.6) is 11.5 Å². The first kappa shape index (κ1) is 18.6. The summed E-state index contributed by atoms with van der Waals surface area (Å²) in [6.45, 7) is 2.85. The van der Waals surface area contributed by atoms with Crippen LogP contribution in [0.3, 0.4) is 0 Å². The van der Waals surface area contributed by atoms with E-state index in [0.717, 1.165) is 37.3 Å². The van der Waals surface area contributed by atoms with Crippen LogP contribution in [0.2, 0.25) is 0 Å². The summed E-state index contributed by atoms with van der Waals surface area (Å²) in [6.07, 6.45) is 6.93. The molecule has 0 aromatic heterocycles. The standard InChI is InChI=1S/C19H30N2O3/c1-14(19(22)21-16-7-5-4-6-8-16)20-12-11-15-9-10-17(23-2)18(13-15)24-3/h9-10,13-14,16,20H,4-8,11-12H2,1-3H3,(H,21,22)/p+1/t14-/m1/s1. The fraction of sp³-hybridized carbons (Fsp3) is 0.632. The summed E-state index contributed by atoms with van der Waals surface area (Å²) in [5.41, 5.74) is 1.18. The molecule has 1 aromatic carbocycles. The number of benzene rings is 1. The number of methoxy groups -OCH3 is 2. The first-order valence-electron chi connectivity index (χ1n) is 8.98. The summed E-state index contributed by atoms with van der Waals surface area (Å²) in [6, 6.07) is 6.30. The van der Waals surface area contributed by atoms with E-state index in [4.69, 9.17) is 9.47 Å². The van der Waals surface area contributed by atoms with Crippen molar-refractivity contribution < 1.29 is 19.6 Å². The number of carbonyl (C=O) groups is 1. The average Bonchev–Trinajstić information content (AvgIpc) is 2.62. The molecule has 134 valence electrons. The highest BCUT2D eigenvalue weighted by Gasteiger charge is 2.21. The Balaban J connectivity index is 1.75. The monoisotopic (exact) mass is 335 g/mol. The van der Waals surface area contributed by atoms with Crippen LogP contribution in [-0.2, 0) is 11.2 Å². The number of quaternary nitrogens is 1. The summed E-state index contributed by atoms with van der Waals surface area (Å²) >= 11 is 0. The van der Waals surface area contributed by atoms with Gasteiger partial charge in [0, 0.05) is 12.5 Å². The number of hydrogen-bond donors (Lipinski definition) is 2. The third-order valence-electron chi connectivity index (χ3n) is 4.77. The fourth-order valence-electron chi connectivity index (χ4n) is 3.22. The molecule has 0 unspecified atom stereocenters. The number of carbonyl (C=O) groups excluding carboxylic acids is 1. The van der Waals surface area contributed by atoms with Crippen molar-refractivity contribution in [2.75, 3.05) is 20.8 Å². The molecule has 1 aromatic rings. The largest absolute Gasteiger partial charge is 0.493 e. The molecular formula is C19H31N2O3+. The Labute approximate surface area is 145 Å². The van der Waals surface area contributed by atoms with Crippen LogP contribution in [0.4, 0.5) is 0 Å². The molecule has 0 saturated heterocycles. The molecule has 1 aliphatic rings. The van der Waals surface area contributed by atoms with E-state index in [9.17, 15) is 4.79 Å². The quantitative estimate of drug-likeness (QED) is 0.759. The number of hydrogen-bond acceptors (Lipinski definition) is 3. The second-order valence-corrected chi connectivity index (χ2v) is 6.60. The summed E-state index contributed by atoms with van der Waals surface area (Å²) in [5.74, 6) is 1.65. The van der Waals surface area contributed by atoms with Crippen molar-refractivity contribution in [3.63, 3.8) is 0 Å². The molecular weight excluding hydrogens is 304 g/mol. The molecule has 5 nitrogen and oxygen atoms in total. The number of nitrogens with two attached hydrogens (primary N) is 1. The molecule has 1 amide bonds. The minimum Gasteiger partial charge on any atom is -0.493 e. The van der Waals surface area contributed by atoms with Crippen molar-refractivity contribution in [1.82, 2.24) is 5.32 Å². The van der Waals surface area contributed by atoms with Crippen LogP contribution in [-0.4, -0.2) is 38.8 Å². The van der Waals surface area contributed by atoms with Gasteiger partial charge in [-0.15, -0.1) is 0 Å². The second kappa shape index (κ2) is 9.52. The van der Waals surface area contributed by atoms with Crippen LogP contribution in [0, 0.1) is 0 Å². The predicted molar refractivity (Wildman–Crippen MR) is 94.5 cm³/mol. The average molecular weight is 335 g/mol. The Bertz CT molecular complexity index is 527. The minimum atomic E-state index is -0.0490. The van der Waals surface area contributed by atoms with Crippen LogP contribution in [0.15, 0.2) is 18.2 Å². The van der Waals surface area contributed by atoms with Gasteiger partial charge >= 0.3 is 0 Å². The first-order valence-corrected chi connectivity index (χ1v) is 8.98. The molecule has 24 heavy (non-hydrogen) atoms. The lowest BCUT2D eigenvalue weighted by molar-refractivity contribution is -0.673. The normalized spacial score (nSPS) is 16.5. The number of amides is 1. The molecule has 2 rings (SSSR count). The molecule has 0 spiro atoms. The Kier molecular flexibility index (Phi) is 7.37. The highest BCUT2D eigenvalue weighted by atomic mass is 16.5. The Hall–Kier alpha value is -1.75. The second-order valence-electron chi connectivity index (χ2n) is 6.60. The van der Waals surface area contributed by atoms with Gasteiger partial charge < -0.3 is 20.1 Å². The molecule has 1 atom stereocenters. The van der Waals surface area contributed by atoms with Crippen LogP contribution in [0.25, 0.3) is 0 Å². The van der Waals surface area contributed by atoms with Gasteiger partial charge in [0.15, 0.2) is 17.5 Å². The van der Waals surface area contributed by atoms with E-state index in [-0.39, 0.29) is 11.9 Å². The molecule has 3 N–H and O–H groups in total. The molecule has 1 fully saturated rings. The molecule has 0 radical (unpaired) electrons. The van der Waals surface area contributed by atoms with Crippen LogP contribution < -0.4 is 20.1 Å². The van der Waals surface area contributed by atoms with Crippen molar-refractivity contribution in [2.45, 2.75) is 57.5 Å². The van der Waals surface area contributed by atoms with E-state index in [0.29, 0.717) is 6.04 Å². The van der Waals surface area contributed by atoms with E-state index in [2.05, 4.69) is 10.6 Å². The van der Waals surface area contributed by atoms with Crippen molar-refractivity contribution in [2.24, 2.45) is 0 Å². The van der Waals surface area contributed by atoms with Gasteiger partial charge in [-0.3, -0.25) is 4.79 Å². The zero-order valence-corrected chi connectivity index (χ0v) is 15.1. The predicted octanol–water partition coefficient (Wildman–Crippen LogP) is 1.65. The van der Waals surface area contributed by atoms with Gasteiger partial charge in [-0.1, -0.05) is 25.3 Å². The van der Waals surface area contributed by atoms with Crippen molar-refractivity contribution in [3.8, 4) is 11.5 Å². The van der Waals surface area contributed by atoms with Gasteiger partial charge in [0.1, 0.15) is 0 Å². The third kappa shape index (κ3) is 5.41. The van der Waals surface area contributed by atoms with Crippen molar-refractivity contribution >= 4 is 5.91 Å². The third-order valence-corrected chi connectivity index (χ3v) is 4.77. The maximum Gasteiger partial charge on any atom is 0.278 e. The van der Waals surface area contributed by atoms with Crippen LogP contribution in [0.1, 0.15) is 44.6 Å². The summed E-state index contributed by atoms with van der Waals surface area (Å²) in [4.78, 5) is 12.3. The van der Waals surface area contributed by atoms with E-state index in [1.165, 1.54) is 24.8 Å². The molecule has 1 aliphatic carbocycles. The lowest BCUT2D eigenvalue weighted by Crippen LogP contribution is -2.92. The fourth-order valence-corrected chi connectivity index (χ4v) is 3.22. The van der Waals surface area contributed by atoms with Crippen LogP contribution >= 0.6 is 0 Å². The van der Waals surface area contributed by atoms with Gasteiger partial charge in [-0.25, -0.2) is 0 Å². The summed E-state index contributed by atoms with van der Waals surface area (Å²) in [5, 5.41) is 5.30. The lowest BCUT2D eigenvalue weighted by Gasteiger charge is -2.23. The maximum absolute atomic E-state index is 12.3. The summed E-state index contributed by atoms with van der Waals surface area (Å²) < 4.78 is 10.6. The minimum absolute atomic E-state index is 0.0490. The SMILES string of the molecule is COc1ccc(CC[NH2+][C@H](C)C(=O)NC2CCCCC2)cc1OC. The Morgan fingerprint density at radius 2 is 1.92 bits per heavy atom. The highest BCUT2D eigenvalue weighted by Crippen LogP contribution is 2.27. The lowest BCUT2D eigenvalue weighted by atomic mass is 9.95. The molecule has 0 heterocycles. The van der Waals surface area contributed by atoms with Crippen molar-refractivity contribution in [1.29, 1.82) is 0 Å². The van der Waals surface area contributed by atoms with E-state index >= 15 is 0 Å². The van der Waals surface area contributed by atoms with Crippen molar-refractivity contribution in [3.05, 3.63) is 23.8 Å². The Morgan fingerprint density at radius 1 is 1.21 bits per heavy atom. The summed E-state index contributed by atoms with van der Waals surface area (Å²) in [7, 11) is 3.28. The van der Waals surface area contributed by atoms with Gasteiger partial charge in [0.25, 0.3) is 5.91 Å². The number of rotatable bonds is 8. The topological polar surface area (TPSA) is 64.2 Å². The van der Waals surface area contributed by atoms with Gasteiger partial charge in [0.05, 0.1) is 20.8 Å². The van der Waals surface area contributed by atoms with E-state index in [1.54, 1.807) is 14.2 Å². The number of nitrogens with one attached hydrogen (secondary N) is 1. The maximum atomic E-state index is 12.3. The zero-order valence-electron chi connectivity index (χ0n) is 15.1. The first-order chi connectivity index (χ1) is 11.6.